The number of hydrogen-bond donors (Lipinski definition) is 1. The monoisotopic (exact) mass is 259 g/mol. The quantitative estimate of drug-likeness (QED) is 0.604. The third-order valence-electron chi connectivity index (χ3n) is 2.70. The van der Waals surface area contributed by atoms with Gasteiger partial charge in [-0.15, -0.1) is 11.8 Å². The summed E-state index contributed by atoms with van der Waals surface area (Å²) in [5.74, 6) is -1.02. The van der Waals surface area contributed by atoms with Crippen LogP contribution in [0.25, 0.3) is 0 Å². The Bertz CT molecular complexity index is 417. The number of aliphatic carboxylic acids is 1. The van der Waals surface area contributed by atoms with Crippen molar-refractivity contribution >= 4 is 17.7 Å². The Morgan fingerprint density at radius 2 is 2.29 bits per heavy atom. The number of rotatable bonds is 4. The lowest BCUT2D eigenvalue weighted by atomic mass is 9.89. The molecule has 0 saturated carbocycles. The van der Waals surface area contributed by atoms with Gasteiger partial charge in [0, 0.05) is 11.8 Å². The number of carboxylic acids is 1. The van der Waals surface area contributed by atoms with Crippen LogP contribution in [-0.4, -0.2) is 40.2 Å². The van der Waals surface area contributed by atoms with E-state index in [0.29, 0.717) is 0 Å². The summed E-state index contributed by atoms with van der Waals surface area (Å²) in [7, 11) is 1.32. The van der Waals surface area contributed by atoms with Crippen LogP contribution in [0.3, 0.4) is 0 Å². The highest BCUT2D eigenvalue weighted by atomic mass is 32.2. The highest BCUT2D eigenvalue weighted by Gasteiger charge is 2.49. The molecule has 6 nitrogen and oxygen atoms in total. The van der Waals surface area contributed by atoms with Gasteiger partial charge < -0.3 is 9.84 Å². The minimum atomic E-state index is -1.36. The molecule has 94 valence electrons. The summed E-state index contributed by atoms with van der Waals surface area (Å²) in [6, 6.07) is 0. The summed E-state index contributed by atoms with van der Waals surface area (Å²) in [5.41, 5.74) is -1.39. The zero-order chi connectivity index (χ0) is 13.2. The molecule has 1 rings (SSSR count). The Balaban J connectivity index is 3.34. The standard InChI is InChI=1S/C10H13NO5S/c1-10(11(14)15)5-4-6(9(12)13)7(16-2)8(10)17-3/h4-5,8H,1-3H3,(H,12,13). The van der Waals surface area contributed by atoms with E-state index >= 15 is 0 Å². The number of nitrogens with zero attached hydrogens (tertiary/aromatic N) is 1. The van der Waals surface area contributed by atoms with Crippen molar-refractivity contribution in [2.45, 2.75) is 17.7 Å². The molecule has 0 fully saturated rings. The first-order valence-corrected chi connectivity index (χ1v) is 6.05. The van der Waals surface area contributed by atoms with E-state index in [9.17, 15) is 14.9 Å². The fourth-order valence-electron chi connectivity index (χ4n) is 1.72. The van der Waals surface area contributed by atoms with Crippen molar-refractivity contribution in [1.82, 2.24) is 0 Å². The number of carboxylic acid groups (broad SMARTS) is 1. The van der Waals surface area contributed by atoms with E-state index in [-0.39, 0.29) is 11.3 Å². The molecular formula is C10H13NO5S. The number of carbonyl (C=O) groups is 1. The van der Waals surface area contributed by atoms with E-state index in [1.807, 2.05) is 0 Å². The molecule has 0 aromatic heterocycles. The molecule has 0 bridgehead atoms. The largest absolute Gasteiger partial charge is 0.499 e. The van der Waals surface area contributed by atoms with E-state index in [2.05, 4.69) is 0 Å². The van der Waals surface area contributed by atoms with Gasteiger partial charge in [0.1, 0.15) is 11.0 Å². The smallest absolute Gasteiger partial charge is 0.339 e. The van der Waals surface area contributed by atoms with E-state index in [4.69, 9.17) is 9.84 Å². The molecule has 17 heavy (non-hydrogen) atoms. The van der Waals surface area contributed by atoms with Gasteiger partial charge in [-0.2, -0.15) is 0 Å². The molecule has 2 atom stereocenters. The van der Waals surface area contributed by atoms with Gasteiger partial charge in [-0.3, -0.25) is 10.1 Å². The Labute approximate surface area is 102 Å². The lowest BCUT2D eigenvalue weighted by molar-refractivity contribution is -0.549. The van der Waals surface area contributed by atoms with Crippen LogP contribution >= 0.6 is 11.8 Å². The van der Waals surface area contributed by atoms with Crippen molar-refractivity contribution < 1.29 is 19.6 Å². The SMILES string of the molecule is COC1=C(C(=O)O)C=CC(C)([N+](=O)[O-])C1SC. The Kier molecular flexibility index (Phi) is 3.82. The van der Waals surface area contributed by atoms with Gasteiger partial charge in [-0.25, -0.2) is 4.79 Å². The summed E-state index contributed by atoms with van der Waals surface area (Å²) < 4.78 is 5.04. The molecule has 0 aromatic carbocycles. The predicted octanol–water partition coefficient (Wildman–Crippen LogP) is 1.31. The number of thioether (sulfide) groups is 1. The second kappa shape index (κ2) is 4.79. The predicted molar refractivity (Wildman–Crippen MR) is 63.5 cm³/mol. The maximum Gasteiger partial charge on any atom is 0.339 e. The van der Waals surface area contributed by atoms with Gasteiger partial charge >= 0.3 is 5.97 Å². The van der Waals surface area contributed by atoms with Crippen molar-refractivity contribution in [2.75, 3.05) is 13.4 Å². The maximum atomic E-state index is 11.1. The van der Waals surface area contributed by atoms with Crippen LogP contribution in [-0.2, 0) is 9.53 Å². The average molecular weight is 259 g/mol. The van der Waals surface area contributed by atoms with E-state index in [1.54, 1.807) is 6.26 Å². The third-order valence-corrected chi connectivity index (χ3v) is 3.86. The van der Waals surface area contributed by atoms with Crippen molar-refractivity contribution in [2.24, 2.45) is 0 Å². The van der Waals surface area contributed by atoms with Crippen LogP contribution in [0.1, 0.15) is 6.92 Å². The van der Waals surface area contributed by atoms with Gasteiger partial charge in [-0.1, -0.05) is 0 Å². The topological polar surface area (TPSA) is 89.7 Å². The zero-order valence-corrected chi connectivity index (χ0v) is 10.5. The number of ether oxygens (including phenoxy) is 1. The molecule has 1 aliphatic rings. The average Bonchev–Trinajstić information content (AvgIpc) is 2.27. The third kappa shape index (κ3) is 2.14. The highest BCUT2D eigenvalue weighted by molar-refractivity contribution is 7.99. The van der Waals surface area contributed by atoms with Crippen molar-refractivity contribution in [1.29, 1.82) is 0 Å². The van der Waals surface area contributed by atoms with Crippen LogP contribution in [0.5, 0.6) is 0 Å². The van der Waals surface area contributed by atoms with Gasteiger partial charge in [0.05, 0.1) is 12.7 Å². The summed E-state index contributed by atoms with van der Waals surface area (Å²) in [6.45, 7) is 1.45. The molecule has 0 saturated heterocycles. The van der Waals surface area contributed by atoms with Crippen LogP contribution in [0.4, 0.5) is 0 Å². The lowest BCUT2D eigenvalue weighted by Gasteiger charge is -2.30. The minimum absolute atomic E-state index is 0.0359. The summed E-state index contributed by atoms with van der Waals surface area (Å²) in [6.07, 6.45) is 4.22. The molecule has 0 heterocycles. The van der Waals surface area contributed by atoms with Gasteiger partial charge in [-0.05, 0) is 18.4 Å². The first-order chi connectivity index (χ1) is 7.88. The summed E-state index contributed by atoms with van der Waals surface area (Å²) >= 11 is 1.20. The molecule has 0 radical (unpaired) electrons. The molecular weight excluding hydrogens is 246 g/mol. The van der Waals surface area contributed by atoms with Crippen LogP contribution in [0.2, 0.25) is 0 Å². The first-order valence-electron chi connectivity index (χ1n) is 4.76. The molecule has 0 spiro atoms. The van der Waals surface area contributed by atoms with E-state index in [1.165, 1.54) is 37.9 Å². The normalized spacial score (nSPS) is 28.1. The van der Waals surface area contributed by atoms with Crippen molar-refractivity contribution in [3.8, 4) is 0 Å². The van der Waals surface area contributed by atoms with Crippen molar-refractivity contribution in [3.05, 3.63) is 33.6 Å². The van der Waals surface area contributed by atoms with Gasteiger partial charge in [0.25, 0.3) is 5.54 Å². The molecule has 7 heteroatoms. The second-order valence-corrected chi connectivity index (χ2v) is 4.66. The van der Waals surface area contributed by atoms with Crippen LogP contribution < -0.4 is 0 Å². The Morgan fingerprint density at radius 1 is 1.71 bits per heavy atom. The van der Waals surface area contributed by atoms with Crippen LogP contribution in [0, 0.1) is 10.1 Å². The highest BCUT2D eigenvalue weighted by Crippen LogP contribution is 2.37. The Morgan fingerprint density at radius 3 is 2.65 bits per heavy atom. The molecule has 1 aliphatic carbocycles. The fourth-order valence-corrected chi connectivity index (χ4v) is 2.80. The van der Waals surface area contributed by atoms with Crippen LogP contribution in [0.15, 0.2) is 23.5 Å². The number of nitro groups is 1. The van der Waals surface area contributed by atoms with E-state index in [0.717, 1.165) is 0 Å². The fraction of sp³-hybridized carbons (Fsp3) is 0.500. The second-order valence-electron chi connectivity index (χ2n) is 3.72. The maximum absolute atomic E-state index is 11.1. The Hall–Kier alpha value is -1.50. The van der Waals surface area contributed by atoms with Gasteiger partial charge in [0.2, 0.25) is 0 Å². The molecule has 0 amide bonds. The summed E-state index contributed by atoms with van der Waals surface area (Å²) in [4.78, 5) is 21.7. The number of hydrogen-bond acceptors (Lipinski definition) is 5. The lowest BCUT2D eigenvalue weighted by Crippen LogP contribution is -2.46. The number of methoxy groups -OCH3 is 1. The van der Waals surface area contributed by atoms with Gasteiger partial charge in [0.15, 0.2) is 0 Å². The molecule has 0 aliphatic heterocycles. The van der Waals surface area contributed by atoms with E-state index < -0.39 is 21.7 Å². The molecule has 2 unspecified atom stereocenters. The van der Waals surface area contributed by atoms with Crippen molar-refractivity contribution in [3.63, 3.8) is 0 Å². The summed E-state index contributed by atoms with van der Waals surface area (Å²) in [5, 5.41) is 19.4. The zero-order valence-electron chi connectivity index (χ0n) is 9.67. The minimum Gasteiger partial charge on any atom is -0.499 e. The molecule has 0 aromatic rings. The molecule has 1 N–H and O–H groups in total. The first kappa shape index (κ1) is 13.6.